The fraction of sp³-hybridized carbons (Fsp3) is 0.333. The van der Waals surface area contributed by atoms with Crippen molar-refractivity contribution in [1.29, 1.82) is 0 Å². The Bertz CT molecular complexity index is 1640. The molecule has 0 radical (unpaired) electrons. The summed E-state index contributed by atoms with van der Waals surface area (Å²) in [5.41, 5.74) is 1.66. The minimum Gasteiger partial charge on any atom is -0.446 e. The second-order valence-corrected chi connectivity index (χ2v) is 11.3. The maximum absolute atomic E-state index is 13.8. The molecule has 1 aromatic carbocycles. The highest BCUT2D eigenvalue weighted by Crippen LogP contribution is 2.22. The van der Waals surface area contributed by atoms with Crippen LogP contribution in [0.3, 0.4) is 0 Å². The molecule has 3 aromatic heterocycles. The van der Waals surface area contributed by atoms with Crippen LogP contribution in [0.5, 0.6) is 0 Å². The van der Waals surface area contributed by atoms with Gasteiger partial charge in [-0.2, -0.15) is 0 Å². The van der Waals surface area contributed by atoms with Crippen molar-refractivity contribution < 1.29 is 23.6 Å². The van der Waals surface area contributed by atoms with Crippen LogP contribution < -0.4 is 21.3 Å². The number of hydrogen-bond acceptors (Lipinski definition) is 9. The molecule has 2 bridgehead atoms. The van der Waals surface area contributed by atoms with Crippen molar-refractivity contribution in [3.63, 3.8) is 0 Å². The van der Waals surface area contributed by atoms with E-state index >= 15 is 0 Å². The summed E-state index contributed by atoms with van der Waals surface area (Å²) in [6.45, 7) is 4.10. The van der Waals surface area contributed by atoms with E-state index in [0.29, 0.717) is 30.9 Å². The molecule has 3 atom stereocenters. The van der Waals surface area contributed by atoms with Gasteiger partial charge in [-0.3, -0.25) is 24.2 Å². The summed E-state index contributed by atoms with van der Waals surface area (Å²) >= 11 is 0. The number of fused-ring (bicyclic) bond motifs is 2. The molecule has 0 aliphatic carbocycles. The summed E-state index contributed by atoms with van der Waals surface area (Å²) in [4.78, 5) is 70.6. The van der Waals surface area contributed by atoms with E-state index in [1.54, 1.807) is 18.3 Å². The third-order valence-corrected chi connectivity index (χ3v) is 7.54. The van der Waals surface area contributed by atoms with Crippen LogP contribution in [-0.4, -0.2) is 62.2 Å². The average molecular weight is 625 g/mol. The van der Waals surface area contributed by atoms with Crippen LogP contribution in [0.25, 0.3) is 11.5 Å². The zero-order chi connectivity index (χ0) is 32.5. The number of pyridine rings is 1. The van der Waals surface area contributed by atoms with Gasteiger partial charge in [-0.15, -0.1) is 0 Å². The van der Waals surface area contributed by atoms with Crippen molar-refractivity contribution in [2.75, 3.05) is 6.54 Å². The Labute approximate surface area is 266 Å². The maximum Gasteiger partial charge on any atom is 0.273 e. The summed E-state index contributed by atoms with van der Waals surface area (Å²) in [5.74, 6) is -1.54. The minimum atomic E-state index is -0.984. The number of nitrogens with one attached hydrogen (secondary N) is 4. The van der Waals surface area contributed by atoms with E-state index in [4.69, 9.17) is 4.42 Å². The SMILES string of the molecule is CC(C)[C@@H]1NC(=O)[C@H](Cc2ccccc2)NC(=O)[C@@H](NC(=O)c2cnc(-c3ccccn3)nc2)CCCCNC(=O)c2coc1n2. The van der Waals surface area contributed by atoms with E-state index in [9.17, 15) is 19.2 Å². The molecule has 0 saturated carbocycles. The number of hydrogen-bond donors (Lipinski definition) is 4. The molecule has 238 valence electrons. The van der Waals surface area contributed by atoms with E-state index in [0.717, 1.165) is 5.56 Å². The number of benzene rings is 1. The Kier molecular flexibility index (Phi) is 10.4. The smallest absolute Gasteiger partial charge is 0.273 e. The average Bonchev–Trinajstić information content (AvgIpc) is 3.56. The van der Waals surface area contributed by atoms with Crippen molar-refractivity contribution in [2.24, 2.45) is 5.92 Å². The van der Waals surface area contributed by atoms with Gasteiger partial charge in [0.05, 0.1) is 5.56 Å². The van der Waals surface area contributed by atoms with Gasteiger partial charge in [0.15, 0.2) is 11.5 Å². The Hall–Kier alpha value is -5.46. The topological polar surface area (TPSA) is 181 Å². The van der Waals surface area contributed by atoms with Gasteiger partial charge < -0.3 is 25.7 Å². The molecule has 46 heavy (non-hydrogen) atoms. The minimum absolute atomic E-state index is 0.109. The van der Waals surface area contributed by atoms with Crippen molar-refractivity contribution in [3.05, 3.63) is 96.1 Å². The standard InChI is InChI=1S/C33H36N8O5/c1-20(2)27-33-40-26(19-46-33)30(43)35-15-9-7-13-24(31(44)39-25(32(45)41-27)16-21-10-4-3-5-11-21)38-29(42)22-17-36-28(37-18-22)23-12-6-8-14-34-23/h3-6,8,10-12,14,17-20,24-25,27H,7,9,13,15-16H2,1-2H3,(H,35,43)(H,38,42)(H,39,44)(H,41,45)/t24-,25-,27-/m0/s1. The number of amides is 4. The first-order valence-corrected chi connectivity index (χ1v) is 15.2. The molecule has 0 unspecified atom stereocenters. The number of rotatable bonds is 6. The molecule has 4 amide bonds. The summed E-state index contributed by atoms with van der Waals surface area (Å²) in [6, 6.07) is 12.0. The zero-order valence-electron chi connectivity index (χ0n) is 25.6. The summed E-state index contributed by atoms with van der Waals surface area (Å²) in [6.07, 6.45) is 7.11. The molecule has 1 aliphatic heterocycles. The molecule has 4 heterocycles. The third-order valence-electron chi connectivity index (χ3n) is 7.54. The quantitative estimate of drug-likeness (QED) is 0.251. The summed E-state index contributed by atoms with van der Waals surface area (Å²) in [7, 11) is 0. The first kappa shape index (κ1) is 31.9. The molecule has 0 fully saturated rings. The summed E-state index contributed by atoms with van der Waals surface area (Å²) in [5, 5.41) is 11.4. The normalized spacial score (nSPS) is 19.5. The zero-order valence-corrected chi connectivity index (χ0v) is 25.6. The van der Waals surface area contributed by atoms with Crippen molar-refractivity contribution in [2.45, 2.75) is 57.7 Å². The lowest BCUT2D eigenvalue weighted by atomic mass is 10.0. The number of carbonyl (C=O) groups excluding carboxylic acids is 4. The Morgan fingerprint density at radius 1 is 0.935 bits per heavy atom. The van der Waals surface area contributed by atoms with Gasteiger partial charge in [0.1, 0.15) is 30.1 Å². The van der Waals surface area contributed by atoms with E-state index in [-0.39, 0.29) is 35.9 Å². The molecule has 5 rings (SSSR count). The molecule has 13 nitrogen and oxygen atoms in total. The predicted molar refractivity (Wildman–Crippen MR) is 167 cm³/mol. The van der Waals surface area contributed by atoms with Crippen molar-refractivity contribution in [3.8, 4) is 11.5 Å². The van der Waals surface area contributed by atoms with Crippen LogP contribution >= 0.6 is 0 Å². The molecule has 4 aromatic rings. The van der Waals surface area contributed by atoms with Crippen LogP contribution in [0, 0.1) is 5.92 Å². The number of nitrogens with zero attached hydrogens (tertiary/aromatic N) is 4. The van der Waals surface area contributed by atoms with Gasteiger partial charge in [-0.1, -0.05) is 50.2 Å². The van der Waals surface area contributed by atoms with E-state index < -0.39 is 41.8 Å². The van der Waals surface area contributed by atoms with E-state index in [2.05, 4.69) is 41.2 Å². The van der Waals surface area contributed by atoms with E-state index in [1.807, 2.05) is 50.2 Å². The van der Waals surface area contributed by atoms with Gasteiger partial charge in [0, 0.05) is 31.6 Å². The molecule has 13 heteroatoms. The fourth-order valence-corrected chi connectivity index (χ4v) is 4.98. The van der Waals surface area contributed by atoms with Crippen molar-refractivity contribution >= 4 is 23.6 Å². The molecule has 0 saturated heterocycles. The Morgan fingerprint density at radius 3 is 2.41 bits per heavy atom. The van der Waals surface area contributed by atoms with Crippen LogP contribution in [0.4, 0.5) is 0 Å². The van der Waals surface area contributed by atoms with Gasteiger partial charge in [0.25, 0.3) is 11.8 Å². The van der Waals surface area contributed by atoms with Crippen LogP contribution in [-0.2, 0) is 16.0 Å². The monoisotopic (exact) mass is 624 g/mol. The first-order valence-electron chi connectivity index (χ1n) is 15.2. The lowest BCUT2D eigenvalue weighted by Crippen LogP contribution is -2.55. The molecule has 0 spiro atoms. The van der Waals surface area contributed by atoms with Gasteiger partial charge in [0.2, 0.25) is 17.7 Å². The lowest BCUT2D eigenvalue weighted by Gasteiger charge is -2.26. The maximum atomic E-state index is 13.8. The lowest BCUT2D eigenvalue weighted by molar-refractivity contribution is -0.130. The Morgan fingerprint density at radius 2 is 1.70 bits per heavy atom. The number of aromatic nitrogens is 4. The highest BCUT2D eigenvalue weighted by atomic mass is 16.3. The second kappa shape index (κ2) is 15.0. The number of oxazole rings is 1. The van der Waals surface area contributed by atoms with Gasteiger partial charge in [-0.05, 0) is 42.9 Å². The predicted octanol–water partition coefficient (Wildman–Crippen LogP) is 2.78. The fourth-order valence-electron chi connectivity index (χ4n) is 4.98. The molecule has 1 aliphatic rings. The first-order chi connectivity index (χ1) is 22.3. The molecular weight excluding hydrogens is 588 g/mol. The van der Waals surface area contributed by atoms with Crippen LogP contribution in [0.15, 0.2) is 77.8 Å². The Balaban J connectivity index is 1.39. The highest BCUT2D eigenvalue weighted by Gasteiger charge is 2.31. The molecule has 4 N–H and O–H groups in total. The molecular formula is C33H36N8O5. The second-order valence-electron chi connectivity index (χ2n) is 11.3. The third kappa shape index (κ3) is 8.17. The van der Waals surface area contributed by atoms with Gasteiger partial charge >= 0.3 is 0 Å². The van der Waals surface area contributed by atoms with E-state index in [1.165, 1.54) is 18.7 Å². The largest absolute Gasteiger partial charge is 0.446 e. The van der Waals surface area contributed by atoms with Crippen molar-refractivity contribution in [1.82, 2.24) is 41.2 Å². The number of carbonyl (C=O) groups is 4. The van der Waals surface area contributed by atoms with Crippen LogP contribution in [0.1, 0.15) is 71.5 Å². The van der Waals surface area contributed by atoms with Gasteiger partial charge in [-0.25, -0.2) is 15.0 Å². The van der Waals surface area contributed by atoms with Crippen LogP contribution in [0.2, 0.25) is 0 Å². The highest BCUT2D eigenvalue weighted by molar-refractivity contribution is 5.98. The summed E-state index contributed by atoms with van der Waals surface area (Å²) < 4.78 is 5.61.